The van der Waals surface area contributed by atoms with Gasteiger partial charge in [-0.05, 0) is 24.7 Å². The van der Waals surface area contributed by atoms with Gasteiger partial charge in [0.15, 0.2) is 6.29 Å². The highest BCUT2D eigenvalue weighted by molar-refractivity contribution is 4.90. The van der Waals surface area contributed by atoms with Crippen LogP contribution in [0.3, 0.4) is 0 Å². The number of rotatable bonds is 4. The van der Waals surface area contributed by atoms with Crippen molar-refractivity contribution in [3.05, 3.63) is 0 Å². The minimum atomic E-state index is -0.680. The summed E-state index contributed by atoms with van der Waals surface area (Å²) in [6, 6.07) is 0. The highest BCUT2D eigenvalue weighted by Gasteiger charge is 2.44. The third kappa shape index (κ3) is 3.03. The summed E-state index contributed by atoms with van der Waals surface area (Å²) in [5.74, 6) is 0. The van der Waals surface area contributed by atoms with E-state index in [0.717, 1.165) is 19.3 Å². The van der Waals surface area contributed by atoms with Gasteiger partial charge in [0.05, 0.1) is 5.60 Å². The molecule has 0 aliphatic heterocycles. The van der Waals surface area contributed by atoms with E-state index in [1.165, 1.54) is 12.8 Å². The zero-order valence-corrected chi connectivity index (χ0v) is 12.5. The molecule has 1 N–H and O–H groups in total. The number of hydrogen-bond donors (Lipinski definition) is 1. The average molecular weight is 242 g/mol. The molecule has 17 heavy (non-hydrogen) atoms. The molecule has 0 aromatic carbocycles. The summed E-state index contributed by atoms with van der Waals surface area (Å²) < 4.78 is 6.09. The van der Waals surface area contributed by atoms with Gasteiger partial charge in [-0.15, -0.1) is 0 Å². The normalized spacial score (nSPS) is 22.8. The Bertz CT molecular complexity index is 244. The van der Waals surface area contributed by atoms with Crippen LogP contribution < -0.4 is 0 Å². The fraction of sp³-hybridized carbons (Fsp3) is 1.00. The Morgan fingerprint density at radius 3 is 1.94 bits per heavy atom. The van der Waals surface area contributed by atoms with E-state index in [0.29, 0.717) is 0 Å². The minimum absolute atomic E-state index is 0.0277. The summed E-state index contributed by atoms with van der Waals surface area (Å²) in [6.07, 6.45) is 4.99. The molecule has 1 aliphatic carbocycles. The van der Waals surface area contributed by atoms with E-state index >= 15 is 0 Å². The summed E-state index contributed by atoms with van der Waals surface area (Å²) in [7, 11) is 0. The van der Waals surface area contributed by atoms with Crippen molar-refractivity contribution in [2.45, 2.75) is 85.5 Å². The van der Waals surface area contributed by atoms with E-state index in [1.54, 1.807) is 0 Å². The van der Waals surface area contributed by atoms with E-state index in [9.17, 15) is 5.11 Å². The van der Waals surface area contributed by atoms with Gasteiger partial charge in [0.1, 0.15) is 0 Å². The summed E-state index contributed by atoms with van der Waals surface area (Å²) in [5.41, 5.74) is -0.278. The fourth-order valence-corrected chi connectivity index (χ4v) is 2.33. The lowest BCUT2D eigenvalue weighted by molar-refractivity contribution is -0.250. The van der Waals surface area contributed by atoms with Crippen molar-refractivity contribution < 1.29 is 9.84 Å². The van der Waals surface area contributed by atoms with Crippen LogP contribution in [0.2, 0.25) is 0 Å². The van der Waals surface area contributed by atoms with Crippen molar-refractivity contribution in [2.75, 3.05) is 0 Å². The van der Waals surface area contributed by atoms with Gasteiger partial charge >= 0.3 is 0 Å². The molecule has 0 spiro atoms. The molecule has 2 nitrogen and oxygen atoms in total. The Kier molecular flexibility index (Phi) is 4.31. The van der Waals surface area contributed by atoms with Crippen LogP contribution in [0.15, 0.2) is 0 Å². The van der Waals surface area contributed by atoms with Crippen LogP contribution in [0.4, 0.5) is 0 Å². The molecule has 0 amide bonds. The van der Waals surface area contributed by atoms with Gasteiger partial charge in [-0.25, -0.2) is 0 Å². The van der Waals surface area contributed by atoms with Gasteiger partial charge in [-0.3, -0.25) is 0 Å². The molecular formula is C15H30O2. The lowest BCUT2D eigenvalue weighted by Gasteiger charge is -2.45. The minimum Gasteiger partial charge on any atom is -0.367 e. The van der Waals surface area contributed by atoms with Crippen LogP contribution in [-0.4, -0.2) is 17.0 Å². The maximum Gasteiger partial charge on any atom is 0.160 e. The molecule has 1 atom stereocenters. The van der Waals surface area contributed by atoms with Crippen molar-refractivity contribution in [1.82, 2.24) is 0 Å². The quantitative estimate of drug-likeness (QED) is 0.752. The van der Waals surface area contributed by atoms with Crippen LogP contribution in [0.5, 0.6) is 0 Å². The molecule has 0 aromatic heterocycles. The molecule has 1 fully saturated rings. The Labute approximate surface area is 107 Å². The van der Waals surface area contributed by atoms with Gasteiger partial charge in [0.2, 0.25) is 0 Å². The lowest BCUT2D eigenvalue weighted by atomic mass is 9.68. The van der Waals surface area contributed by atoms with Crippen LogP contribution in [0.1, 0.15) is 73.6 Å². The summed E-state index contributed by atoms with van der Waals surface area (Å²) in [6.45, 7) is 12.8. The molecule has 0 heterocycles. The highest BCUT2D eigenvalue weighted by atomic mass is 16.6. The molecule has 2 heteroatoms. The van der Waals surface area contributed by atoms with Gasteiger partial charge in [-0.2, -0.15) is 0 Å². The number of aliphatic hydroxyl groups excluding tert-OH is 1. The van der Waals surface area contributed by atoms with Crippen LogP contribution in [-0.2, 0) is 4.74 Å². The summed E-state index contributed by atoms with van der Waals surface area (Å²) >= 11 is 0. The third-order valence-corrected chi connectivity index (χ3v) is 5.07. The van der Waals surface area contributed by atoms with Crippen LogP contribution in [0, 0.1) is 10.8 Å². The fourth-order valence-electron chi connectivity index (χ4n) is 2.33. The first-order valence-corrected chi connectivity index (χ1v) is 7.00. The maximum absolute atomic E-state index is 10.4. The molecule has 102 valence electrons. The largest absolute Gasteiger partial charge is 0.367 e. The molecular weight excluding hydrogens is 212 g/mol. The molecule has 0 bridgehead atoms. The summed E-state index contributed by atoms with van der Waals surface area (Å²) in [4.78, 5) is 0. The third-order valence-electron chi connectivity index (χ3n) is 5.07. The maximum atomic E-state index is 10.4. The molecule has 0 aromatic rings. The number of hydrogen-bond acceptors (Lipinski definition) is 2. The van der Waals surface area contributed by atoms with E-state index < -0.39 is 6.29 Å². The second kappa shape index (κ2) is 4.89. The highest BCUT2D eigenvalue weighted by Crippen LogP contribution is 2.45. The zero-order valence-electron chi connectivity index (χ0n) is 12.5. The average Bonchev–Trinajstić information content (AvgIpc) is 2.65. The van der Waals surface area contributed by atoms with Crippen LogP contribution in [0.25, 0.3) is 0 Å². The van der Waals surface area contributed by atoms with Crippen LogP contribution >= 0.6 is 0 Å². The van der Waals surface area contributed by atoms with Crippen molar-refractivity contribution >= 4 is 0 Å². The standard InChI is InChI=1S/C15H30O2/c1-7-15(10-8-9-11-15)17-12(16)14(5,6)13(2,3)4/h12,16H,7-11H2,1-6H3. The first-order valence-electron chi connectivity index (χ1n) is 7.00. The Morgan fingerprint density at radius 2 is 1.59 bits per heavy atom. The molecule has 1 aliphatic rings. The SMILES string of the molecule is CCC1(OC(O)C(C)(C)C(C)(C)C)CCCC1. The molecule has 1 rings (SSSR count). The molecule has 1 unspecified atom stereocenters. The first-order chi connectivity index (χ1) is 7.65. The van der Waals surface area contributed by atoms with Gasteiger partial charge < -0.3 is 9.84 Å². The smallest absolute Gasteiger partial charge is 0.160 e. The molecule has 0 saturated heterocycles. The number of ether oxygens (including phenoxy) is 1. The zero-order chi connectivity index (χ0) is 13.3. The Morgan fingerprint density at radius 1 is 1.12 bits per heavy atom. The Hall–Kier alpha value is -0.0800. The topological polar surface area (TPSA) is 29.5 Å². The van der Waals surface area contributed by atoms with E-state index in [1.807, 2.05) is 0 Å². The van der Waals surface area contributed by atoms with Crippen molar-refractivity contribution in [3.63, 3.8) is 0 Å². The monoisotopic (exact) mass is 242 g/mol. The molecule has 0 radical (unpaired) electrons. The predicted molar refractivity (Wildman–Crippen MR) is 71.8 cm³/mol. The van der Waals surface area contributed by atoms with E-state index in [2.05, 4.69) is 41.5 Å². The first kappa shape index (κ1) is 15.0. The lowest BCUT2D eigenvalue weighted by Crippen LogP contribution is -2.47. The van der Waals surface area contributed by atoms with E-state index in [4.69, 9.17) is 4.74 Å². The summed E-state index contributed by atoms with van der Waals surface area (Å²) in [5, 5.41) is 10.4. The van der Waals surface area contributed by atoms with Crippen molar-refractivity contribution in [3.8, 4) is 0 Å². The predicted octanol–water partition coefficient (Wildman–Crippen LogP) is 4.12. The second-order valence-electron chi connectivity index (χ2n) is 7.19. The van der Waals surface area contributed by atoms with Gasteiger partial charge in [-0.1, -0.05) is 54.4 Å². The molecule has 1 saturated carbocycles. The van der Waals surface area contributed by atoms with Crippen molar-refractivity contribution in [2.24, 2.45) is 10.8 Å². The van der Waals surface area contributed by atoms with Gasteiger partial charge in [0.25, 0.3) is 0 Å². The second-order valence-corrected chi connectivity index (χ2v) is 7.19. The Balaban J connectivity index is 2.74. The van der Waals surface area contributed by atoms with E-state index in [-0.39, 0.29) is 16.4 Å². The number of aliphatic hydroxyl groups is 1. The van der Waals surface area contributed by atoms with Crippen molar-refractivity contribution in [1.29, 1.82) is 0 Å². The van der Waals surface area contributed by atoms with Gasteiger partial charge in [0, 0.05) is 5.41 Å².